The molecule has 1 rings (SSSR count). The van der Waals surface area contributed by atoms with Gasteiger partial charge in [0.2, 0.25) is 21.8 Å². The zero-order chi connectivity index (χ0) is 15.9. The lowest BCUT2D eigenvalue weighted by molar-refractivity contribution is -0.125. The highest BCUT2D eigenvalue weighted by atomic mass is 32.2. The largest absolute Gasteiger partial charge is 0.354 e. The molecule has 0 saturated carbocycles. The van der Waals surface area contributed by atoms with Crippen LogP contribution < -0.4 is 21.5 Å². The van der Waals surface area contributed by atoms with E-state index in [1.165, 1.54) is 12.1 Å². The molecule has 0 saturated heterocycles. The van der Waals surface area contributed by atoms with Gasteiger partial charge in [-0.3, -0.25) is 9.59 Å². The van der Waals surface area contributed by atoms with Crippen molar-refractivity contribution >= 4 is 21.8 Å². The van der Waals surface area contributed by atoms with Crippen molar-refractivity contribution in [3.05, 3.63) is 29.8 Å². The average molecular weight is 314 g/mol. The third-order valence-electron chi connectivity index (χ3n) is 2.62. The predicted octanol–water partition coefficient (Wildman–Crippen LogP) is -1.93. The number of benzene rings is 1. The van der Waals surface area contributed by atoms with Crippen LogP contribution in [0.4, 0.5) is 0 Å². The minimum atomic E-state index is -3.69. The summed E-state index contributed by atoms with van der Waals surface area (Å²) in [5, 5.41) is 9.95. The highest BCUT2D eigenvalue weighted by Crippen LogP contribution is 2.08. The van der Waals surface area contributed by atoms with Crippen molar-refractivity contribution < 1.29 is 18.0 Å². The first kappa shape index (κ1) is 17.1. The second kappa shape index (κ2) is 7.72. The Hall–Kier alpha value is -1.97. The molecule has 0 spiro atoms. The average Bonchev–Trinajstić information content (AvgIpc) is 2.44. The lowest BCUT2D eigenvalue weighted by Gasteiger charge is -2.07. The molecule has 0 aliphatic carbocycles. The Morgan fingerprint density at radius 3 is 2.19 bits per heavy atom. The number of hydrogen-bond donors (Lipinski definition) is 4. The fourth-order valence-corrected chi connectivity index (χ4v) is 2.02. The van der Waals surface area contributed by atoms with Crippen LogP contribution in [0, 0.1) is 0 Å². The smallest absolute Gasteiger partial charge is 0.239 e. The molecule has 0 bridgehead atoms. The second-order valence-corrected chi connectivity index (χ2v) is 5.83. The molecule has 116 valence electrons. The fourth-order valence-electron chi connectivity index (χ4n) is 1.51. The molecule has 0 radical (unpaired) electrons. The number of nitrogens with one attached hydrogen (secondary N) is 2. The van der Waals surface area contributed by atoms with E-state index < -0.39 is 15.9 Å². The second-order valence-electron chi connectivity index (χ2n) is 4.27. The van der Waals surface area contributed by atoms with Crippen molar-refractivity contribution in [2.75, 3.05) is 19.6 Å². The van der Waals surface area contributed by atoms with Gasteiger partial charge in [0.25, 0.3) is 0 Å². The molecule has 21 heavy (non-hydrogen) atoms. The summed E-state index contributed by atoms with van der Waals surface area (Å²) < 4.78 is 22.2. The van der Waals surface area contributed by atoms with Crippen LogP contribution in [0.25, 0.3) is 0 Å². The first-order valence-electron chi connectivity index (χ1n) is 6.18. The van der Waals surface area contributed by atoms with Gasteiger partial charge in [0.15, 0.2) is 0 Å². The molecule has 6 N–H and O–H groups in total. The topological polar surface area (TPSA) is 144 Å². The summed E-state index contributed by atoms with van der Waals surface area (Å²) in [6, 6.07) is 6.08. The first-order chi connectivity index (χ1) is 9.82. The number of rotatable bonds is 7. The van der Waals surface area contributed by atoms with Gasteiger partial charge in [-0.25, -0.2) is 13.6 Å². The van der Waals surface area contributed by atoms with E-state index in [0.717, 1.165) is 5.56 Å². The number of sulfonamides is 1. The summed E-state index contributed by atoms with van der Waals surface area (Å²) in [7, 11) is -3.69. The number of hydrogen-bond acceptors (Lipinski definition) is 5. The van der Waals surface area contributed by atoms with Gasteiger partial charge in [-0.2, -0.15) is 0 Å². The third-order valence-corrected chi connectivity index (χ3v) is 3.55. The van der Waals surface area contributed by atoms with E-state index in [4.69, 9.17) is 10.9 Å². The Morgan fingerprint density at radius 2 is 1.67 bits per heavy atom. The predicted molar refractivity (Wildman–Crippen MR) is 76.6 cm³/mol. The van der Waals surface area contributed by atoms with Crippen LogP contribution in [-0.4, -0.2) is 39.9 Å². The number of amides is 2. The molecule has 0 atom stereocenters. The molecule has 0 aliphatic rings. The zero-order valence-corrected chi connectivity index (χ0v) is 12.2. The van der Waals surface area contributed by atoms with E-state index in [0.29, 0.717) is 13.0 Å². The lowest BCUT2D eigenvalue weighted by Crippen LogP contribution is -2.40. The minimum absolute atomic E-state index is 0.0415. The Labute approximate surface area is 122 Å². The summed E-state index contributed by atoms with van der Waals surface area (Å²) in [5.74, 6) is -0.721. The summed E-state index contributed by atoms with van der Waals surface area (Å²) >= 11 is 0. The number of carbonyl (C=O) groups is 2. The van der Waals surface area contributed by atoms with Crippen molar-refractivity contribution in [1.82, 2.24) is 10.6 Å². The van der Waals surface area contributed by atoms with Crippen LogP contribution >= 0.6 is 0 Å². The molecule has 0 aliphatic heterocycles. The third kappa shape index (κ3) is 6.34. The monoisotopic (exact) mass is 314 g/mol. The molecule has 0 aromatic heterocycles. The van der Waals surface area contributed by atoms with Gasteiger partial charge in [-0.05, 0) is 24.1 Å². The van der Waals surface area contributed by atoms with Crippen molar-refractivity contribution in [3.8, 4) is 0 Å². The molecular weight excluding hydrogens is 296 g/mol. The number of carbonyl (C=O) groups excluding carboxylic acids is 2. The minimum Gasteiger partial charge on any atom is -0.354 e. The van der Waals surface area contributed by atoms with Crippen molar-refractivity contribution in [1.29, 1.82) is 0 Å². The molecular formula is C12H18N4O4S. The summed E-state index contributed by atoms with van der Waals surface area (Å²) in [6.45, 7) is 0.0795. The maximum absolute atomic E-state index is 11.4. The summed E-state index contributed by atoms with van der Waals surface area (Å²) in [5.41, 5.74) is 5.94. The summed E-state index contributed by atoms with van der Waals surface area (Å²) in [4.78, 5) is 22.3. The van der Waals surface area contributed by atoms with Gasteiger partial charge in [0, 0.05) is 6.54 Å². The maximum atomic E-state index is 11.4. The molecule has 2 amide bonds. The first-order valence-corrected chi connectivity index (χ1v) is 7.73. The molecule has 0 heterocycles. The van der Waals surface area contributed by atoms with E-state index >= 15 is 0 Å². The molecule has 0 unspecified atom stereocenters. The van der Waals surface area contributed by atoms with Crippen LogP contribution in [0.15, 0.2) is 29.2 Å². The van der Waals surface area contributed by atoms with E-state index in [2.05, 4.69) is 10.6 Å². The SMILES string of the molecule is NCC(=O)NCC(=O)NCCc1ccc(S(N)(=O)=O)cc1. The zero-order valence-electron chi connectivity index (χ0n) is 11.3. The van der Waals surface area contributed by atoms with E-state index in [-0.39, 0.29) is 23.9 Å². The number of primary sulfonamides is 1. The van der Waals surface area contributed by atoms with E-state index in [1.807, 2.05) is 0 Å². The van der Waals surface area contributed by atoms with Gasteiger partial charge in [-0.1, -0.05) is 12.1 Å². The van der Waals surface area contributed by atoms with E-state index in [1.54, 1.807) is 12.1 Å². The Kier molecular flexibility index (Phi) is 6.28. The van der Waals surface area contributed by atoms with Crippen LogP contribution in [0.5, 0.6) is 0 Å². The molecule has 0 fully saturated rings. The van der Waals surface area contributed by atoms with Gasteiger partial charge < -0.3 is 16.4 Å². The van der Waals surface area contributed by atoms with Crippen molar-refractivity contribution in [2.45, 2.75) is 11.3 Å². The number of nitrogens with two attached hydrogens (primary N) is 2. The van der Waals surface area contributed by atoms with E-state index in [9.17, 15) is 18.0 Å². The lowest BCUT2D eigenvalue weighted by atomic mass is 10.1. The van der Waals surface area contributed by atoms with Gasteiger partial charge >= 0.3 is 0 Å². The Morgan fingerprint density at radius 1 is 1.05 bits per heavy atom. The highest BCUT2D eigenvalue weighted by molar-refractivity contribution is 7.89. The van der Waals surface area contributed by atoms with Crippen LogP contribution in [0.3, 0.4) is 0 Å². The van der Waals surface area contributed by atoms with Crippen molar-refractivity contribution in [2.24, 2.45) is 10.9 Å². The maximum Gasteiger partial charge on any atom is 0.239 e. The van der Waals surface area contributed by atoms with Crippen LogP contribution in [0.2, 0.25) is 0 Å². The molecule has 1 aromatic carbocycles. The molecule has 8 nitrogen and oxygen atoms in total. The Bertz CT molecular complexity index is 598. The van der Waals surface area contributed by atoms with Gasteiger partial charge in [0.05, 0.1) is 18.0 Å². The molecule has 9 heteroatoms. The van der Waals surface area contributed by atoms with Gasteiger partial charge in [0.1, 0.15) is 0 Å². The summed E-state index contributed by atoms with van der Waals surface area (Å²) in [6.07, 6.45) is 0.529. The quantitative estimate of drug-likeness (QED) is 0.463. The molecule has 1 aromatic rings. The van der Waals surface area contributed by atoms with Gasteiger partial charge in [-0.15, -0.1) is 0 Å². The highest BCUT2D eigenvalue weighted by Gasteiger charge is 2.07. The normalized spacial score (nSPS) is 11.0. The Balaban J connectivity index is 2.36. The standard InChI is InChI=1S/C12H18N4O4S/c13-7-11(17)16-8-12(18)15-6-5-9-1-3-10(4-2-9)21(14,19)20/h1-4H,5-8,13H2,(H,15,18)(H,16,17)(H2,14,19,20). The van der Waals surface area contributed by atoms with Crippen LogP contribution in [0.1, 0.15) is 5.56 Å². The van der Waals surface area contributed by atoms with Crippen LogP contribution in [-0.2, 0) is 26.0 Å². The van der Waals surface area contributed by atoms with Crippen molar-refractivity contribution in [3.63, 3.8) is 0 Å². The fraction of sp³-hybridized carbons (Fsp3) is 0.333.